The summed E-state index contributed by atoms with van der Waals surface area (Å²) in [5, 5.41) is 11.0. The minimum atomic E-state index is -0.860. The van der Waals surface area contributed by atoms with Crippen molar-refractivity contribution >= 4 is 17.3 Å². The van der Waals surface area contributed by atoms with Gasteiger partial charge in [0.05, 0.1) is 5.60 Å². The van der Waals surface area contributed by atoms with E-state index < -0.39 is 5.60 Å². The summed E-state index contributed by atoms with van der Waals surface area (Å²) in [6.07, 6.45) is 1.26. The fraction of sp³-hybridized carbons (Fsp3) is 0.500. The standard InChI is InChI=1S/C12H18ClNO/c1-4-12(15,5-2)9-7-10(13)8(3)6-11(9)14/h6-7,15H,4-5,14H2,1-3H3. The summed E-state index contributed by atoms with van der Waals surface area (Å²) in [5.41, 5.74) is 7.34. The molecule has 0 unspecified atom stereocenters. The molecule has 15 heavy (non-hydrogen) atoms. The van der Waals surface area contributed by atoms with Crippen molar-refractivity contribution in [1.29, 1.82) is 0 Å². The number of rotatable bonds is 3. The fourth-order valence-electron chi connectivity index (χ4n) is 1.74. The first-order valence-electron chi connectivity index (χ1n) is 5.23. The van der Waals surface area contributed by atoms with Gasteiger partial charge >= 0.3 is 0 Å². The molecular formula is C12H18ClNO. The minimum absolute atomic E-state index is 0.614. The van der Waals surface area contributed by atoms with E-state index in [1.807, 2.05) is 26.8 Å². The zero-order chi connectivity index (χ0) is 11.6. The van der Waals surface area contributed by atoms with Crippen molar-refractivity contribution in [2.45, 2.75) is 39.2 Å². The molecule has 0 spiro atoms. The summed E-state index contributed by atoms with van der Waals surface area (Å²) in [4.78, 5) is 0. The number of hydrogen-bond donors (Lipinski definition) is 2. The van der Waals surface area contributed by atoms with Crippen LogP contribution in [0.4, 0.5) is 5.69 Å². The van der Waals surface area contributed by atoms with E-state index in [2.05, 4.69) is 0 Å². The van der Waals surface area contributed by atoms with Crippen LogP contribution in [0, 0.1) is 6.92 Å². The second-order valence-corrected chi connectivity index (χ2v) is 4.33. The molecule has 0 aromatic heterocycles. The molecule has 2 nitrogen and oxygen atoms in total. The molecule has 0 saturated heterocycles. The predicted octanol–water partition coefficient (Wildman–Crippen LogP) is 3.24. The fourth-order valence-corrected chi connectivity index (χ4v) is 1.90. The average molecular weight is 228 g/mol. The highest BCUT2D eigenvalue weighted by molar-refractivity contribution is 6.31. The summed E-state index contributed by atoms with van der Waals surface area (Å²) < 4.78 is 0. The Morgan fingerprint density at radius 1 is 1.33 bits per heavy atom. The van der Waals surface area contributed by atoms with Gasteiger partial charge in [0.15, 0.2) is 0 Å². The molecular weight excluding hydrogens is 210 g/mol. The van der Waals surface area contributed by atoms with Gasteiger partial charge in [-0.25, -0.2) is 0 Å². The van der Waals surface area contributed by atoms with Gasteiger partial charge in [0.25, 0.3) is 0 Å². The monoisotopic (exact) mass is 227 g/mol. The molecule has 1 aromatic rings. The molecule has 0 atom stereocenters. The third kappa shape index (κ3) is 2.27. The number of halogens is 1. The molecule has 3 N–H and O–H groups in total. The van der Waals surface area contributed by atoms with Crippen LogP contribution in [0.15, 0.2) is 12.1 Å². The molecule has 0 fully saturated rings. The Hall–Kier alpha value is -0.730. The molecule has 0 aliphatic rings. The third-order valence-electron chi connectivity index (χ3n) is 3.00. The molecule has 0 aliphatic heterocycles. The van der Waals surface area contributed by atoms with E-state index >= 15 is 0 Å². The molecule has 0 amide bonds. The maximum Gasteiger partial charge on any atom is 0.0911 e. The highest BCUT2D eigenvalue weighted by Crippen LogP contribution is 2.35. The Balaban J connectivity index is 3.30. The molecule has 0 bridgehead atoms. The number of aryl methyl sites for hydroxylation is 1. The van der Waals surface area contributed by atoms with E-state index in [1.54, 1.807) is 6.07 Å². The maximum absolute atomic E-state index is 10.4. The van der Waals surface area contributed by atoms with Crippen molar-refractivity contribution in [2.24, 2.45) is 0 Å². The molecule has 0 saturated carbocycles. The number of aliphatic hydroxyl groups is 1. The summed E-state index contributed by atoms with van der Waals surface area (Å²) >= 11 is 6.04. The van der Waals surface area contributed by atoms with E-state index in [1.165, 1.54) is 0 Å². The number of nitrogen functional groups attached to an aromatic ring is 1. The van der Waals surface area contributed by atoms with Crippen molar-refractivity contribution in [3.05, 3.63) is 28.3 Å². The molecule has 1 rings (SSSR count). The molecule has 84 valence electrons. The zero-order valence-electron chi connectivity index (χ0n) is 9.47. The number of anilines is 1. The van der Waals surface area contributed by atoms with E-state index in [-0.39, 0.29) is 0 Å². The zero-order valence-corrected chi connectivity index (χ0v) is 10.2. The van der Waals surface area contributed by atoms with Crippen LogP contribution in [0.5, 0.6) is 0 Å². The summed E-state index contributed by atoms with van der Waals surface area (Å²) in [5.74, 6) is 0. The number of benzene rings is 1. The van der Waals surface area contributed by atoms with Crippen LogP contribution in [0.25, 0.3) is 0 Å². The van der Waals surface area contributed by atoms with Crippen LogP contribution in [-0.4, -0.2) is 5.11 Å². The van der Waals surface area contributed by atoms with Gasteiger partial charge in [-0.15, -0.1) is 0 Å². The Morgan fingerprint density at radius 2 is 1.87 bits per heavy atom. The Morgan fingerprint density at radius 3 is 2.33 bits per heavy atom. The average Bonchev–Trinajstić information content (AvgIpc) is 2.22. The van der Waals surface area contributed by atoms with Crippen LogP contribution in [0.3, 0.4) is 0 Å². The van der Waals surface area contributed by atoms with Gasteiger partial charge in [0.2, 0.25) is 0 Å². The molecule has 0 radical (unpaired) electrons. The maximum atomic E-state index is 10.4. The first-order valence-corrected chi connectivity index (χ1v) is 5.61. The largest absolute Gasteiger partial charge is 0.398 e. The van der Waals surface area contributed by atoms with Crippen LogP contribution in [-0.2, 0) is 5.60 Å². The van der Waals surface area contributed by atoms with Gasteiger partial charge in [-0.2, -0.15) is 0 Å². The van der Waals surface area contributed by atoms with E-state index in [9.17, 15) is 5.11 Å². The Labute approximate surface area is 96.1 Å². The molecule has 0 heterocycles. The predicted molar refractivity (Wildman–Crippen MR) is 65.1 cm³/mol. The first-order chi connectivity index (χ1) is 6.94. The van der Waals surface area contributed by atoms with Gasteiger partial charge in [-0.1, -0.05) is 25.4 Å². The second kappa shape index (κ2) is 4.42. The third-order valence-corrected chi connectivity index (χ3v) is 3.41. The summed E-state index contributed by atoms with van der Waals surface area (Å²) in [6.45, 7) is 5.78. The van der Waals surface area contributed by atoms with E-state index in [0.717, 1.165) is 11.1 Å². The van der Waals surface area contributed by atoms with Gasteiger partial charge in [-0.3, -0.25) is 0 Å². The second-order valence-electron chi connectivity index (χ2n) is 3.93. The lowest BCUT2D eigenvalue weighted by molar-refractivity contribution is 0.0291. The van der Waals surface area contributed by atoms with Crippen molar-refractivity contribution in [2.75, 3.05) is 5.73 Å². The van der Waals surface area contributed by atoms with Crippen molar-refractivity contribution in [3.63, 3.8) is 0 Å². The van der Waals surface area contributed by atoms with Gasteiger partial charge in [-0.05, 0) is 37.5 Å². The van der Waals surface area contributed by atoms with Crippen molar-refractivity contribution in [1.82, 2.24) is 0 Å². The SMILES string of the molecule is CCC(O)(CC)c1cc(Cl)c(C)cc1N. The summed E-state index contributed by atoms with van der Waals surface area (Å²) in [7, 11) is 0. The quantitative estimate of drug-likeness (QED) is 0.779. The lowest BCUT2D eigenvalue weighted by atomic mass is 9.87. The normalized spacial score (nSPS) is 11.8. The van der Waals surface area contributed by atoms with Crippen molar-refractivity contribution in [3.8, 4) is 0 Å². The highest BCUT2D eigenvalue weighted by atomic mass is 35.5. The van der Waals surface area contributed by atoms with Gasteiger partial charge in [0, 0.05) is 16.3 Å². The van der Waals surface area contributed by atoms with Crippen LogP contribution >= 0.6 is 11.6 Å². The van der Waals surface area contributed by atoms with E-state index in [0.29, 0.717) is 23.6 Å². The minimum Gasteiger partial charge on any atom is -0.398 e. The van der Waals surface area contributed by atoms with Crippen LogP contribution in [0.2, 0.25) is 5.02 Å². The Bertz CT molecular complexity index is 359. The number of nitrogens with two attached hydrogens (primary N) is 1. The van der Waals surface area contributed by atoms with Gasteiger partial charge in [0.1, 0.15) is 0 Å². The Kier molecular flexibility index (Phi) is 3.63. The number of hydrogen-bond acceptors (Lipinski definition) is 2. The summed E-state index contributed by atoms with van der Waals surface area (Å²) in [6, 6.07) is 3.59. The van der Waals surface area contributed by atoms with E-state index in [4.69, 9.17) is 17.3 Å². The molecule has 1 aromatic carbocycles. The highest BCUT2D eigenvalue weighted by Gasteiger charge is 2.27. The smallest absolute Gasteiger partial charge is 0.0911 e. The molecule has 3 heteroatoms. The van der Waals surface area contributed by atoms with Crippen LogP contribution in [0.1, 0.15) is 37.8 Å². The molecule has 0 aliphatic carbocycles. The lowest BCUT2D eigenvalue weighted by Crippen LogP contribution is -2.25. The lowest BCUT2D eigenvalue weighted by Gasteiger charge is -2.27. The van der Waals surface area contributed by atoms with Crippen LogP contribution < -0.4 is 5.73 Å². The topological polar surface area (TPSA) is 46.2 Å². The van der Waals surface area contributed by atoms with Gasteiger partial charge < -0.3 is 10.8 Å². The first kappa shape index (κ1) is 12.3. The van der Waals surface area contributed by atoms with Crippen molar-refractivity contribution < 1.29 is 5.11 Å².